The highest BCUT2D eigenvalue weighted by molar-refractivity contribution is 7.80. The van der Waals surface area contributed by atoms with E-state index in [1.165, 1.54) is 11.8 Å². The van der Waals surface area contributed by atoms with Gasteiger partial charge >= 0.3 is 0 Å². The second kappa shape index (κ2) is 9.59. The summed E-state index contributed by atoms with van der Waals surface area (Å²) < 4.78 is 0. The molecule has 2 aliphatic rings. The zero-order valence-corrected chi connectivity index (χ0v) is 20.3. The van der Waals surface area contributed by atoms with E-state index >= 15 is 0 Å². The molecule has 8 nitrogen and oxygen atoms in total. The van der Waals surface area contributed by atoms with Crippen molar-refractivity contribution in [3.05, 3.63) is 60.3 Å². The maximum Gasteiger partial charge on any atom is 0.258 e. The number of H-pyrrole nitrogens is 1. The zero-order valence-electron chi connectivity index (χ0n) is 19.5. The number of hydrazine groups is 1. The minimum absolute atomic E-state index is 0.0275. The third-order valence-corrected chi connectivity index (χ3v) is 6.94. The average molecular weight is 490 g/mol. The summed E-state index contributed by atoms with van der Waals surface area (Å²) in [7, 11) is 0. The Labute approximate surface area is 208 Å². The summed E-state index contributed by atoms with van der Waals surface area (Å²) in [6, 6.07) is 13.7. The van der Waals surface area contributed by atoms with Gasteiger partial charge in [0, 0.05) is 36.1 Å². The van der Waals surface area contributed by atoms with Crippen LogP contribution in [-0.2, 0) is 9.59 Å². The van der Waals surface area contributed by atoms with Gasteiger partial charge in [-0.1, -0.05) is 12.5 Å². The van der Waals surface area contributed by atoms with Gasteiger partial charge < -0.3 is 10.3 Å². The van der Waals surface area contributed by atoms with Gasteiger partial charge in [-0.2, -0.15) is 0 Å². The van der Waals surface area contributed by atoms with Crippen LogP contribution in [0.2, 0.25) is 0 Å². The lowest BCUT2D eigenvalue weighted by Gasteiger charge is -2.38. The number of carbonyl (C=O) groups excluding carboxylic acids is 3. The van der Waals surface area contributed by atoms with Crippen LogP contribution in [-0.4, -0.2) is 56.8 Å². The second-order valence-corrected chi connectivity index (χ2v) is 9.33. The lowest BCUT2D eigenvalue weighted by molar-refractivity contribution is -0.128. The van der Waals surface area contributed by atoms with Crippen LogP contribution in [0, 0.1) is 0 Å². The highest BCUT2D eigenvalue weighted by Crippen LogP contribution is 2.30. The molecule has 2 saturated heterocycles. The van der Waals surface area contributed by atoms with Crippen molar-refractivity contribution >= 4 is 57.2 Å². The number of benzene rings is 2. The van der Waals surface area contributed by atoms with E-state index < -0.39 is 6.04 Å². The molecule has 180 valence electrons. The van der Waals surface area contributed by atoms with Crippen LogP contribution in [0.4, 0.5) is 11.4 Å². The van der Waals surface area contributed by atoms with Crippen LogP contribution in [0.3, 0.4) is 0 Å². The molecule has 35 heavy (non-hydrogen) atoms. The van der Waals surface area contributed by atoms with E-state index in [0.29, 0.717) is 22.1 Å². The topological polar surface area (TPSA) is 88.8 Å². The van der Waals surface area contributed by atoms with Gasteiger partial charge in [0.1, 0.15) is 6.04 Å². The molecule has 9 heteroatoms. The van der Waals surface area contributed by atoms with Crippen molar-refractivity contribution in [1.29, 1.82) is 0 Å². The second-order valence-electron chi connectivity index (χ2n) is 8.97. The molecule has 3 aromatic rings. The number of fused-ring (bicyclic) bond motifs is 1. The summed E-state index contributed by atoms with van der Waals surface area (Å²) in [5.74, 6) is -0.548. The fraction of sp³-hybridized carbons (Fsp3) is 0.308. The summed E-state index contributed by atoms with van der Waals surface area (Å²) >= 11 is 5.78. The van der Waals surface area contributed by atoms with Gasteiger partial charge in [-0.15, -0.1) is 0 Å². The van der Waals surface area contributed by atoms with E-state index in [1.54, 1.807) is 24.3 Å². The number of anilines is 2. The Hall–Kier alpha value is -3.56. The van der Waals surface area contributed by atoms with Crippen molar-refractivity contribution in [1.82, 2.24) is 15.0 Å². The van der Waals surface area contributed by atoms with Gasteiger partial charge in [-0.25, -0.2) is 5.01 Å². The van der Waals surface area contributed by atoms with Gasteiger partial charge in [-0.3, -0.25) is 24.3 Å². The van der Waals surface area contributed by atoms with Crippen LogP contribution in [0.1, 0.15) is 43.0 Å². The smallest absolute Gasteiger partial charge is 0.258 e. The number of piperidine rings is 1. The molecule has 2 N–H and O–H groups in total. The normalized spacial score (nSPS) is 18.9. The first-order chi connectivity index (χ1) is 16.9. The monoisotopic (exact) mass is 489 g/mol. The Kier molecular flexibility index (Phi) is 6.36. The number of amides is 2. The van der Waals surface area contributed by atoms with Crippen LogP contribution in [0.25, 0.3) is 10.9 Å². The molecule has 2 amide bonds. The van der Waals surface area contributed by atoms with E-state index in [4.69, 9.17) is 12.2 Å². The number of hydrogen-bond acceptors (Lipinski definition) is 5. The number of Topliss-reactive ketones (excluding diaryl/α,β-unsaturated/α-hetero) is 1. The summed E-state index contributed by atoms with van der Waals surface area (Å²) in [6.07, 6.45) is 4.97. The van der Waals surface area contributed by atoms with Gasteiger partial charge in [0.2, 0.25) is 5.91 Å². The third-order valence-electron chi connectivity index (χ3n) is 6.57. The first-order valence-corrected chi connectivity index (χ1v) is 12.2. The molecule has 2 fully saturated rings. The molecular formula is C26H27N5O3S. The number of aromatic amines is 1. The van der Waals surface area contributed by atoms with E-state index in [0.717, 1.165) is 43.3 Å². The van der Waals surface area contributed by atoms with Gasteiger partial charge in [-0.05, 0) is 79.8 Å². The minimum Gasteiger partial charge on any atom is -0.361 e. The Bertz CT molecular complexity index is 1300. The molecule has 0 aliphatic carbocycles. The lowest BCUT2D eigenvalue weighted by atomic mass is 10.1. The molecular weight excluding hydrogens is 462 g/mol. The van der Waals surface area contributed by atoms with Crippen molar-refractivity contribution in [3.63, 3.8) is 0 Å². The van der Waals surface area contributed by atoms with E-state index in [1.807, 2.05) is 35.5 Å². The molecule has 1 aromatic heterocycles. The predicted molar refractivity (Wildman–Crippen MR) is 139 cm³/mol. The average Bonchev–Trinajstić information content (AvgIpc) is 3.41. The number of carbonyl (C=O) groups is 3. The molecule has 1 atom stereocenters. The molecule has 0 saturated carbocycles. The maximum atomic E-state index is 13.6. The number of ketones is 1. The van der Waals surface area contributed by atoms with Crippen LogP contribution in [0.5, 0.6) is 0 Å². The molecule has 1 unspecified atom stereocenters. The maximum absolute atomic E-state index is 13.6. The van der Waals surface area contributed by atoms with Crippen molar-refractivity contribution in [3.8, 4) is 0 Å². The molecule has 0 radical (unpaired) electrons. The first-order valence-electron chi connectivity index (χ1n) is 11.8. The Morgan fingerprint density at radius 3 is 2.51 bits per heavy atom. The summed E-state index contributed by atoms with van der Waals surface area (Å²) in [6.45, 7) is 3.07. The van der Waals surface area contributed by atoms with E-state index in [9.17, 15) is 14.4 Å². The van der Waals surface area contributed by atoms with Crippen molar-refractivity contribution in [2.24, 2.45) is 0 Å². The summed E-state index contributed by atoms with van der Waals surface area (Å²) in [5.41, 5.74) is 2.75. The standard InChI is InChI=1S/C26H27N5O3S/c1-17(32)18-6-9-21(10-7-18)30-25(34)23(31(26(30)35)29-13-3-2-4-14-29)16-24(33)28-20-8-5-19-11-12-27-22(19)15-20/h5-12,15,23,27H,2-4,13-14,16H2,1H3,(H,28,33). The molecule has 0 bridgehead atoms. The zero-order chi connectivity index (χ0) is 24.5. The van der Waals surface area contributed by atoms with Crippen molar-refractivity contribution < 1.29 is 14.4 Å². The number of hydrogen-bond donors (Lipinski definition) is 2. The quantitative estimate of drug-likeness (QED) is 0.400. The summed E-state index contributed by atoms with van der Waals surface area (Å²) in [5, 5.41) is 8.26. The largest absolute Gasteiger partial charge is 0.361 e. The Balaban J connectivity index is 1.39. The lowest BCUT2D eigenvalue weighted by Crippen LogP contribution is -2.51. The summed E-state index contributed by atoms with van der Waals surface area (Å²) in [4.78, 5) is 43.0. The first kappa shape index (κ1) is 23.2. The minimum atomic E-state index is -0.734. The molecule has 2 aliphatic heterocycles. The number of aromatic nitrogens is 1. The predicted octanol–water partition coefficient (Wildman–Crippen LogP) is 4.10. The SMILES string of the molecule is CC(=O)c1ccc(N2C(=O)C(CC(=O)Nc3ccc4cc[nH]c4c3)N(N3CCCCC3)C2=S)cc1. The van der Waals surface area contributed by atoms with E-state index in [2.05, 4.69) is 15.3 Å². The van der Waals surface area contributed by atoms with Crippen LogP contribution >= 0.6 is 12.2 Å². The Morgan fingerprint density at radius 2 is 1.80 bits per heavy atom. The van der Waals surface area contributed by atoms with Gasteiger partial charge in [0.25, 0.3) is 5.91 Å². The van der Waals surface area contributed by atoms with E-state index in [-0.39, 0.29) is 24.0 Å². The third kappa shape index (κ3) is 4.56. The molecule has 3 heterocycles. The molecule has 5 rings (SSSR count). The van der Waals surface area contributed by atoms with Crippen LogP contribution < -0.4 is 10.2 Å². The highest BCUT2D eigenvalue weighted by Gasteiger charge is 2.47. The highest BCUT2D eigenvalue weighted by atomic mass is 32.1. The Morgan fingerprint density at radius 1 is 1.06 bits per heavy atom. The van der Waals surface area contributed by atoms with Crippen molar-refractivity contribution in [2.45, 2.75) is 38.6 Å². The molecule has 0 spiro atoms. The number of nitrogens with zero attached hydrogens (tertiary/aromatic N) is 3. The van der Waals surface area contributed by atoms with Gasteiger partial charge in [0.15, 0.2) is 10.9 Å². The fourth-order valence-corrected chi connectivity index (χ4v) is 5.20. The number of thiocarbonyl (C=S) groups is 1. The van der Waals surface area contributed by atoms with Crippen molar-refractivity contribution in [2.75, 3.05) is 23.3 Å². The number of nitrogens with one attached hydrogen (secondary N) is 2. The molecule has 2 aromatic carbocycles. The van der Waals surface area contributed by atoms with Crippen LogP contribution in [0.15, 0.2) is 54.7 Å². The fourth-order valence-electron chi connectivity index (χ4n) is 4.76. The van der Waals surface area contributed by atoms with Gasteiger partial charge in [0.05, 0.1) is 12.1 Å². The number of rotatable bonds is 6.